The van der Waals surface area contributed by atoms with Crippen molar-refractivity contribution in [1.82, 2.24) is 0 Å². The third kappa shape index (κ3) is 6.07. The third-order valence-electron chi connectivity index (χ3n) is 8.05. The number of aryl methyl sites for hydroxylation is 3. The number of phenols is 3. The van der Waals surface area contributed by atoms with Gasteiger partial charge in [0.2, 0.25) is 0 Å². The first-order valence-corrected chi connectivity index (χ1v) is 14.9. The molecule has 0 fully saturated rings. The Bertz CT molecular complexity index is 1460. The summed E-state index contributed by atoms with van der Waals surface area (Å²) in [6.07, 6.45) is 0. The largest absolute Gasteiger partial charge is 0.507 e. The molecule has 0 amide bonds. The van der Waals surface area contributed by atoms with E-state index in [2.05, 4.69) is 62.3 Å². The molecule has 3 nitrogen and oxygen atoms in total. The van der Waals surface area contributed by atoms with Gasteiger partial charge in [-0.15, -0.1) is 0 Å². The molecule has 0 bridgehead atoms. The molecule has 0 aliphatic carbocycles. The summed E-state index contributed by atoms with van der Waals surface area (Å²) in [6.45, 7) is 25.1. The quantitative estimate of drug-likeness (QED) is 0.232. The maximum Gasteiger partial charge on any atom is 0.127 e. The molecule has 42 heavy (non-hydrogen) atoms. The predicted octanol–water partition coefficient (Wildman–Crippen LogP) is 10.6. The molecule has 0 saturated heterocycles. The number of hydrogen-bond acceptors (Lipinski definition) is 3. The summed E-state index contributed by atoms with van der Waals surface area (Å²) in [4.78, 5) is 0. The first-order valence-electron chi connectivity index (χ1n) is 14.9. The normalized spacial score (nSPS) is 12.6. The Labute approximate surface area is 252 Å². The van der Waals surface area contributed by atoms with Crippen molar-refractivity contribution >= 4 is 0 Å². The second kappa shape index (κ2) is 10.5. The fourth-order valence-corrected chi connectivity index (χ4v) is 5.81. The van der Waals surface area contributed by atoms with E-state index in [4.69, 9.17) is 0 Å². The van der Waals surface area contributed by atoms with E-state index in [1.54, 1.807) is 0 Å². The molecule has 0 atom stereocenters. The lowest BCUT2D eigenvalue weighted by molar-refractivity contribution is 0.448. The van der Waals surface area contributed by atoms with Gasteiger partial charge in [0.05, 0.1) is 0 Å². The van der Waals surface area contributed by atoms with Crippen molar-refractivity contribution in [2.75, 3.05) is 0 Å². The smallest absolute Gasteiger partial charge is 0.127 e. The molecule has 0 aliphatic rings. The molecule has 4 aromatic carbocycles. The van der Waals surface area contributed by atoms with Crippen molar-refractivity contribution in [2.24, 2.45) is 0 Å². The maximum absolute atomic E-state index is 11.6. The number of phenolic OH excluding ortho intramolecular Hbond substituents is 3. The Morgan fingerprint density at radius 2 is 0.571 bits per heavy atom. The molecule has 0 unspecified atom stereocenters. The topological polar surface area (TPSA) is 60.7 Å². The lowest BCUT2D eigenvalue weighted by atomic mass is 9.80. The van der Waals surface area contributed by atoms with Gasteiger partial charge in [0.25, 0.3) is 0 Å². The molecule has 0 radical (unpaired) electrons. The fourth-order valence-electron chi connectivity index (χ4n) is 5.81. The van der Waals surface area contributed by atoms with Gasteiger partial charge < -0.3 is 15.3 Å². The van der Waals surface area contributed by atoms with Crippen LogP contribution in [-0.4, -0.2) is 15.3 Å². The fraction of sp³-hybridized carbons (Fsp3) is 0.385. The van der Waals surface area contributed by atoms with Crippen LogP contribution in [0.15, 0.2) is 54.6 Å². The molecular formula is C39H48O3. The second-order valence-corrected chi connectivity index (χ2v) is 15.2. The van der Waals surface area contributed by atoms with Crippen LogP contribution in [0, 0.1) is 20.8 Å². The van der Waals surface area contributed by atoms with Crippen LogP contribution in [0.3, 0.4) is 0 Å². The highest BCUT2D eigenvalue weighted by Crippen LogP contribution is 2.47. The number of hydrogen-bond donors (Lipinski definition) is 3. The summed E-state index contributed by atoms with van der Waals surface area (Å²) >= 11 is 0. The van der Waals surface area contributed by atoms with E-state index in [1.165, 1.54) is 0 Å². The van der Waals surface area contributed by atoms with Crippen LogP contribution < -0.4 is 0 Å². The molecule has 4 rings (SSSR count). The SMILES string of the molecule is Cc1cc(-c2cc(-c3cc(C)cc(C(C)(C)C)c3O)cc(-c3cc(C)cc(C(C)(C)C)c3O)c2)c(O)c(C(C)(C)C)c1. The molecule has 222 valence electrons. The minimum atomic E-state index is -0.252. The van der Waals surface area contributed by atoms with Crippen molar-refractivity contribution in [3.05, 3.63) is 88.0 Å². The summed E-state index contributed by atoms with van der Waals surface area (Å²) in [5.41, 5.74) is 9.72. The van der Waals surface area contributed by atoms with E-state index >= 15 is 0 Å². The molecule has 0 saturated carbocycles. The molecule has 0 spiro atoms. The Balaban J connectivity index is 2.14. The van der Waals surface area contributed by atoms with Crippen LogP contribution >= 0.6 is 0 Å². The Morgan fingerprint density at radius 1 is 0.357 bits per heavy atom. The van der Waals surface area contributed by atoms with E-state index in [9.17, 15) is 15.3 Å². The standard InChI is InChI=1S/C39H48O3/c1-22-13-28(34(40)31(16-22)37(4,5)6)25-19-26(29-14-23(2)17-32(35(29)41)38(7,8)9)21-27(20-25)30-15-24(3)18-33(36(30)42)39(10,11)12/h13-21,40-42H,1-12H3. The van der Waals surface area contributed by atoms with E-state index in [1.807, 2.05) is 75.4 Å². The molecule has 3 heteroatoms. The van der Waals surface area contributed by atoms with Crippen molar-refractivity contribution in [3.8, 4) is 50.6 Å². The summed E-state index contributed by atoms with van der Waals surface area (Å²) < 4.78 is 0. The van der Waals surface area contributed by atoms with Gasteiger partial charge in [-0.05, 0) is 107 Å². The molecule has 0 aliphatic heterocycles. The lowest BCUT2D eigenvalue weighted by Gasteiger charge is -2.25. The van der Waals surface area contributed by atoms with Crippen molar-refractivity contribution < 1.29 is 15.3 Å². The predicted molar refractivity (Wildman–Crippen MR) is 178 cm³/mol. The maximum atomic E-state index is 11.6. The highest BCUT2D eigenvalue weighted by molar-refractivity contribution is 5.87. The number of rotatable bonds is 3. The van der Waals surface area contributed by atoms with Gasteiger partial charge >= 0.3 is 0 Å². The minimum absolute atomic E-state index is 0.252. The van der Waals surface area contributed by atoms with Gasteiger partial charge in [0.1, 0.15) is 17.2 Å². The van der Waals surface area contributed by atoms with Gasteiger partial charge in [-0.2, -0.15) is 0 Å². The van der Waals surface area contributed by atoms with Gasteiger partial charge in [0.15, 0.2) is 0 Å². The van der Waals surface area contributed by atoms with E-state index in [0.717, 1.165) is 66.8 Å². The van der Waals surface area contributed by atoms with Gasteiger partial charge in [-0.25, -0.2) is 0 Å². The van der Waals surface area contributed by atoms with Crippen molar-refractivity contribution in [1.29, 1.82) is 0 Å². The zero-order valence-corrected chi connectivity index (χ0v) is 27.5. The number of aromatic hydroxyl groups is 3. The van der Waals surface area contributed by atoms with Crippen LogP contribution in [0.4, 0.5) is 0 Å². The van der Waals surface area contributed by atoms with Crippen molar-refractivity contribution in [3.63, 3.8) is 0 Å². The Hall–Kier alpha value is -3.72. The highest BCUT2D eigenvalue weighted by Gasteiger charge is 2.26. The Kier molecular flexibility index (Phi) is 7.82. The second-order valence-electron chi connectivity index (χ2n) is 15.2. The van der Waals surface area contributed by atoms with E-state index in [0.29, 0.717) is 0 Å². The lowest BCUT2D eigenvalue weighted by Crippen LogP contribution is -2.12. The van der Waals surface area contributed by atoms with Crippen LogP contribution in [-0.2, 0) is 16.2 Å². The molecule has 0 aromatic heterocycles. The molecule has 0 heterocycles. The average Bonchev–Trinajstić information content (AvgIpc) is 2.85. The van der Waals surface area contributed by atoms with Gasteiger partial charge in [-0.3, -0.25) is 0 Å². The first-order chi connectivity index (χ1) is 19.2. The first kappa shape index (κ1) is 31.2. The molecular weight excluding hydrogens is 516 g/mol. The summed E-state index contributed by atoms with van der Waals surface area (Å²) in [5.74, 6) is 0.761. The van der Waals surface area contributed by atoms with Crippen LogP contribution in [0.1, 0.15) is 95.7 Å². The minimum Gasteiger partial charge on any atom is -0.507 e. The van der Waals surface area contributed by atoms with E-state index < -0.39 is 0 Å². The average molecular weight is 565 g/mol. The van der Waals surface area contributed by atoms with Gasteiger partial charge in [-0.1, -0.05) is 80.5 Å². The number of benzene rings is 4. The Morgan fingerprint density at radius 3 is 0.762 bits per heavy atom. The van der Waals surface area contributed by atoms with Crippen molar-refractivity contribution in [2.45, 2.75) is 99.3 Å². The molecule has 4 aromatic rings. The van der Waals surface area contributed by atoms with Crippen LogP contribution in [0.2, 0.25) is 0 Å². The van der Waals surface area contributed by atoms with E-state index in [-0.39, 0.29) is 33.5 Å². The monoisotopic (exact) mass is 564 g/mol. The summed E-state index contributed by atoms with van der Waals surface area (Å²) in [7, 11) is 0. The summed E-state index contributed by atoms with van der Waals surface area (Å²) in [5, 5.41) is 34.9. The third-order valence-corrected chi connectivity index (χ3v) is 8.05. The molecule has 3 N–H and O–H groups in total. The zero-order chi connectivity index (χ0) is 31.5. The van der Waals surface area contributed by atoms with Crippen LogP contribution in [0.5, 0.6) is 17.2 Å². The van der Waals surface area contributed by atoms with Gasteiger partial charge in [0, 0.05) is 33.4 Å². The summed E-state index contributed by atoms with van der Waals surface area (Å²) in [6, 6.07) is 18.3. The highest BCUT2D eigenvalue weighted by atomic mass is 16.3. The zero-order valence-electron chi connectivity index (χ0n) is 27.5. The van der Waals surface area contributed by atoms with Crippen LogP contribution in [0.25, 0.3) is 33.4 Å².